The number of nitrogens with zero attached hydrogens (tertiary/aromatic N) is 1. The van der Waals surface area contributed by atoms with E-state index in [1.54, 1.807) is 36.4 Å². The number of amides is 1. The van der Waals surface area contributed by atoms with Crippen LogP contribution in [-0.2, 0) is 4.79 Å². The number of alkyl halides is 1. The molecule has 2 nitrogen and oxygen atoms in total. The number of carbonyl (C=O) groups is 1. The van der Waals surface area contributed by atoms with Gasteiger partial charge in [0.2, 0.25) is 5.91 Å². The summed E-state index contributed by atoms with van der Waals surface area (Å²) in [5.74, 6) is -0.569. The number of allylic oxidation sites excluding steroid dienone is 1. The monoisotopic (exact) mass is 431 g/mol. The van der Waals surface area contributed by atoms with Crippen LogP contribution < -0.4 is 0 Å². The Morgan fingerprint density at radius 2 is 1.41 bits per heavy atom. The second-order valence-corrected chi connectivity index (χ2v) is 7.02. The molecule has 0 N–H and O–H groups in total. The Bertz CT molecular complexity index is 799. The van der Waals surface area contributed by atoms with Crippen molar-refractivity contribution in [2.45, 2.75) is 12.8 Å². The van der Waals surface area contributed by atoms with Crippen LogP contribution in [0, 0.1) is 11.6 Å². The van der Waals surface area contributed by atoms with E-state index in [1.807, 2.05) is 4.90 Å². The topological polar surface area (TPSA) is 20.3 Å². The summed E-state index contributed by atoms with van der Waals surface area (Å²) in [6, 6.07) is 12.7. The summed E-state index contributed by atoms with van der Waals surface area (Å²) in [6.07, 6.45) is 4.84. The fourth-order valence-electron chi connectivity index (χ4n) is 3.31. The maximum atomic E-state index is 13.4. The lowest BCUT2D eigenvalue weighted by Crippen LogP contribution is -2.35. The van der Waals surface area contributed by atoms with Crippen LogP contribution in [-0.4, -0.2) is 29.2 Å². The molecule has 0 radical (unpaired) electrons. The molecule has 0 spiro atoms. The van der Waals surface area contributed by atoms with Gasteiger partial charge in [0.1, 0.15) is 11.6 Å². The molecule has 1 heterocycles. The molecule has 5 heteroatoms. The van der Waals surface area contributed by atoms with Crippen LogP contribution in [0.15, 0.2) is 66.3 Å². The maximum absolute atomic E-state index is 13.4. The van der Waals surface area contributed by atoms with Crippen molar-refractivity contribution in [3.63, 3.8) is 0 Å². The summed E-state index contributed by atoms with van der Waals surface area (Å²) in [4.78, 5) is 14.0. The van der Waals surface area contributed by atoms with E-state index < -0.39 is 0 Å². The first-order chi connectivity index (χ1) is 13.1. The van der Waals surface area contributed by atoms with Gasteiger partial charge >= 0.3 is 0 Å². The van der Waals surface area contributed by atoms with Gasteiger partial charge in [-0.15, -0.1) is 0 Å². The molecule has 1 aliphatic rings. The van der Waals surface area contributed by atoms with Gasteiger partial charge in [-0.25, -0.2) is 8.78 Å². The molecule has 1 fully saturated rings. The zero-order valence-corrected chi connectivity index (χ0v) is 16.4. The van der Waals surface area contributed by atoms with Crippen molar-refractivity contribution in [3.05, 3.63) is 89.0 Å². The Morgan fingerprint density at radius 1 is 0.926 bits per heavy atom. The number of piperidine rings is 1. The van der Waals surface area contributed by atoms with Crippen molar-refractivity contribution >= 4 is 27.4 Å². The van der Waals surface area contributed by atoms with Crippen LogP contribution in [0.3, 0.4) is 0 Å². The van der Waals surface area contributed by atoms with E-state index in [0.717, 1.165) is 29.5 Å². The first kappa shape index (κ1) is 19.5. The number of rotatable bonds is 4. The molecule has 1 aliphatic heterocycles. The van der Waals surface area contributed by atoms with E-state index >= 15 is 0 Å². The number of hydrogen-bond acceptors (Lipinski definition) is 1. The summed E-state index contributed by atoms with van der Waals surface area (Å²) in [5.41, 5.74) is 3.99. The van der Waals surface area contributed by atoms with Gasteiger partial charge in [-0.2, -0.15) is 0 Å². The van der Waals surface area contributed by atoms with E-state index in [-0.39, 0.29) is 17.5 Å². The van der Waals surface area contributed by atoms with Gasteiger partial charge in [0.25, 0.3) is 0 Å². The molecule has 3 rings (SSSR count). The van der Waals surface area contributed by atoms with E-state index in [2.05, 4.69) is 15.9 Å². The van der Waals surface area contributed by atoms with Crippen LogP contribution in [0.1, 0.15) is 24.0 Å². The molecule has 140 valence electrons. The minimum absolute atomic E-state index is 0.0126. The molecule has 1 amide bonds. The Balaban J connectivity index is 1.91. The third kappa shape index (κ3) is 4.92. The summed E-state index contributed by atoms with van der Waals surface area (Å²) < 4.78 is 26.7. The molecule has 2 aromatic rings. The van der Waals surface area contributed by atoms with Gasteiger partial charge in [-0.1, -0.05) is 51.8 Å². The van der Waals surface area contributed by atoms with Gasteiger partial charge in [0.05, 0.1) is 0 Å². The van der Waals surface area contributed by atoms with Crippen molar-refractivity contribution in [1.29, 1.82) is 0 Å². The standard InChI is InChI=1S/C22H20BrF2NO/c23-13-1-2-21(27)26-14-11-18(12-15-26)22(16-3-7-19(24)8-4-16)17-5-9-20(25)10-6-17/h1-10H,11-15H2/b2-1+. The number of halogens is 3. The Morgan fingerprint density at radius 3 is 1.85 bits per heavy atom. The molecule has 0 aromatic heterocycles. The van der Waals surface area contributed by atoms with E-state index in [0.29, 0.717) is 18.4 Å². The largest absolute Gasteiger partial charge is 0.339 e. The fourth-order valence-corrected chi connectivity index (χ4v) is 3.49. The number of carbonyl (C=O) groups excluding carboxylic acids is 1. The van der Waals surface area contributed by atoms with Crippen LogP contribution in [0.2, 0.25) is 0 Å². The average molecular weight is 432 g/mol. The first-order valence-electron chi connectivity index (χ1n) is 8.84. The van der Waals surface area contributed by atoms with Gasteiger partial charge < -0.3 is 4.90 Å². The molecule has 27 heavy (non-hydrogen) atoms. The Kier molecular flexibility index (Phi) is 6.56. The molecule has 1 saturated heterocycles. The lowest BCUT2D eigenvalue weighted by molar-refractivity contribution is -0.126. The third-order valence-electron chi connectivity index (χ3n) is 4.65. The molecule has 0 saturated carbocycles. The minimum atomic E-state index is -0.291. The highest BCUT2D eigenvalue weighted by molar-refractivity contribution is 9.09. The number of benzene rings is 2. The summed E-state index contributed by atoms with van der Waals surface area (Å²) >= 11 is 3.27. The summed E-state index contributed by atoms with van der Waals surface area (Å²) in [5, 5.41) is 0.650. The average Bonchev–Trinajstić information content (AvgIpc) is 2.70. The lowest BCUT2D eigenvalue weighted by atomic mass is 9.88. The van der Waals surface area contributed by atoms with Crippen LogP contribution in [0.25, 0.3) is 5.57 Å². The van der Waals surface area contributed by atoms with Gasteiger partial charge in [-0.3, -0.25) is 4.79 Å². The van der Waals surface area contributed by atoms with Crippen LogP contribution in [0.4, 0.5) is 8.78 Å². The zero-order chi connectivity index (χ0) is 19.2. The van der Waals surface area contributed by atoms with Gasteiger partial charge in [0, 0.05) is 18.4 Å². The molecular formula is C22H20BrF2NO. The van der Waals surface area contributed by atoms with Gasteiger partial charge in [0.15, 0.2) is 0 Å². The fraction of sp³-hybridized carbons (Fsp3) is 0.227. The van der Waals surface area contributed by atoms with Crippen LogP contribution >= 0.6 is 15.9 Å². The predicted octanol–water partition coefficient (Wildman–Crippen LogP) is 5.34. The lowest BCUT2D eigenvalue weighted by Gasteiger charge is -2.29. The molecular weight excluding hydrogens is 412 g/mol. The second kappa shape index (κ2) is 9.09. The second-order valence-electron chi connectivity index (χ2n) is 6.37. The Hall–Kier alpha value is -2.27. The van der Waals surface area contributed by atoms with E-state index in [4.69, 9.17) is 0 Å². The van der Waals surface area contributed by atoms with Gasteiger partial charge in [-0.05, 0) is 59.9 Å². The van der Waals surface area contributed by atoms with E-state index in [9.17, 15) is 13.6 Å². The maximum Gasteiger partial charge on any atom is 0.246 e. The third-order valence-corrected chi connectivity index (χ3v) is 5.02. The molecule has 2 aromatic carbocycles. The van der Waals surface area contributed by atoms with Crippen molar-refractivity contribution in [3.8, 4) is 0 Å². The first-order valence-corrected chi connectivity index (χ1v) is 9.96. The number of hydrogen-bond donors (Lipinski definition) is 0. The molecule has 0 atom stereocenters. The SMILES string of the molecule is O=C(/C=C/CBr)N1CCC(=C(c2ccc(F)cc2)c2ccc(F)cc2)CC1. The quantitative estimate of drug-likeness (QED) is 0.472. The highest BCUT2D eigenvalue weighted by Gasteiger charge is 2.21. The summed E-state index contributed by atoms with van der Waals surface area (Å²) in [6.45, 7) is 1.26. The summed E-state index contributed by atoms with van der Waals surface area (Å²) in [7, 11) is 0. The van der Waals surface area contributed by atoms with Crippen molar-refractivity contribution in [2.24, 2.45) is 0 Å². The van der Waals surface area contributed by atoms with E-state index in [1.165, 1.54) is 29.8 Å². The Labute approximate surface area is 166 Å². The van der Waals surface area contributed by atoms with Crippen molar-refractivity contribution < 1.29 is 13.6 Å². The highest BCUT2D eigenvalue weighted by atomic mass is 79.9. The smallest absolute Gasteiger partial charge is 0.246 e. The predicted molar refractivity (Wildman–Crippen MR) is 108 cm³/mol. The van der Waals surface area contributed by atoms with Crippen LogP contribution in [0.5, 0.6) is 0 Å². The van der Waals surface area contributed by atoms with Crippen molar-refractivity contribution in [2.75, 3.05) is 18.4 Å². The molecule has 0 unspecified atom stereocenters. The van der Waals surface area contributed by atoms with Crippen molar-refractivity contribution in [1.82, 2.24) is 4.90 Å². The normalized spacial score (nSPS) is 14.6. The number of likely N-dealkylation sites (tertiary alicyclic amines) is 1. The minimum Gasteiger partial charge on any atom is -0.339 e. The molecule has 0 bridgehead atoms. The zero-order valence-electron chi connectivity index (χ0n) is 14.8. The molecule has 0 aliphatic carbocycles. The highest BCUT2D eigenvalue weighted by Crippen LogP contribution is 2.32.